The van der Waals surface area contributed by atoms with Crippen LogP contribution in [0.25, 0.3) is 11.6 Å². The maximum atomic E-state index is 11.8. The fraction of sp³-hybridized carbons (Fsp3) is 0. The standard InChI is InChI=1S/C13H8ClNO2/c14-8-3-4-12-10(6-8)11(13(16)15-12)7-9-2-1-5-17-9/h1-7H,(H,15,16)/b11-7-. The second kappa shape index (κ2) is 3.79. The lowest BCUT2D eigenvalue weighted by Gasteiger charge is -1.98. The summed E-state index contributed by atoms with van der Waals surface area (Å²) in [4.78, 5) is 11.8. The Labute approximate surface area is 103 Å². The van der Waals surface area contributed by atoms with E-state index in [4.69, 9.17) is 16.0 Å². The first-order valence-corrected chi connectivity index (χ1v) is 5.48. The Hall–Kier alpha value is -2.00. The zero-order chi connectivity index (χ0) is 11.8. The molecule has 0 atom stereocenters. The van der Waals surface area contributed by atoms with Crippen LogP contribution in [0.1, 0.15) is 11.3 Å². The fourth-order valence-electron chi connectivity index (χ4n) is 1.82. The zero-order valence-electron chi connectivity index (χ0n) is 8.74. The minimum atomic E-state index is -0.140. The molecule has 3 rings (SSSR count). The lowest BCUT2D eigenvalue weighted by Crippen LogP contribution is -2.03. The number of carbonyl (C=O) groups is 1. The van der Waals surface area contributed by atoms with Crippen LogP contribution in [0.4, 0.5) is 5.69 Å². The molecule has 0 saturated heterocycles. The van der Waals surface area contributed by atoms with Gasteiger partial charge in [0.2, 0.25) is 0 Å². The fourth-order valence-corrected chi connectivity index (χ4v) is 1.99. The molecule has 2 aromatic rings. The summed E-state index contributed by atoms with van der Waals surface area (Å²) in [6.45, 7) is 0. The van der Waals surface area contributed by atoms with E-state index in [0.717, 1.165) is 11.3 Å². The number of anilines is 1. The number of nitrogens with one attached hydrogen (secondary N) is 1. The van der Waals surface area contributed by atoms with Gasteiger partial charge in [0.1, 0.15) is 5.76 Å². The van der Waals surface area contributed by atoms with Crippen molar-refractivity contribution in [1.29, 1.82) is 0 Å². The van der Waals surface area contributed by atoms with Crippen molar-refractivity contribution < 1.29 is 9.21 Å². The average Bonchev–Trinajstić information content (AvgIpc) is 2.90. The predicted octanol–water partition coefficient (Wildman–Crippen LogP) is 3.43. The van der Waals surface area contributed by atoms with Crippen molar-refractivity contribution >= 4 is 34.8 Å². The van der Waals surface area contributed by atoms with E-state index in [1.807, 2.05) is 0 Å². The third-order valence-corrected chi connectivity index (χ3v) is 2.83. The van der Waals surface area contributed by atoms with Gasteiger partial charge in [-0.1, -0.05) is 11.6 Å². The van der Waals surface area contributed by atoms with Gasteiger partial charge in [-0.15, -0.1) is 0 Å². The Morgan fingerprint density at radius 2 is 2.18 bits per heavy atom. The summed E-state index contributed by atoms with van der Waals surface area (Å²) in [6.07, 6.45) is 3.27. The lowest BCUT2D eigenvalue weighted by atomic mass is 10.1. The van der Waals surface area contributed by atoms with Gasteiger partial charge in [-0.3, -0.25) is 4.79 Å². The van der Waals surface area contributed by atoms with E-state index >= 15 is 0 Å². The number of furan rings is 1. The number of halogens is 1. The van der Waals surface area contributed by atoms with Gasteiger partial charge < -0.3 is 9.73 Å². The minimum Gasteiger partial charge on any atom is -0.465 e. The molecule has 1 aromatic heterocycles. The molecule has 1 aromatic carbocycles. The highest BCUT2D eigenvalue weighted by molar-refractivity contribution is 6.36. The van der Waals surface area contributed by atoms with Gasteiger partial charge in [0.05, 0.1) is 11.8 Å². The molecule has 0 aliphatic carbocycles. The summed E-state index contributed by atoms with van der Waals surface area (Å²) < 4.78 is 5.20. The van der Waals surface area contributed by atoms with Gasteiger partial charge in [0.15, 0.2) is 0 Å². The van der Waals surface area contributed by atoms with E-state index in [1.165, 1.54) is 0 Å². The molecular formula is C13H8ClNO2. The Balaban J connectivity index is 2.13. The van der Waals surface area contributed by atoms with Crippen LogP contribution in [-0.2, 0) is 4.79 Å². The Bertz CT molecular complexity index is 614. The molecule has 0 unspecified atom stereocenters. The summed E-state index contributed by atoms with van der Waals surface area (Å²) in [6, 6.07) is 8.87. The lowest BCUT2D eigenvalue weighted by molar-refractivity contribution is -0.110. The molecule has 84 valence electrons. The van der Waals surface area contributed by atoms with Gasteiger partial charge in [-0.25, -0.2) is 0 Å². The van der Waals surface area contributed by atoms with Crippen LogP contribution in [0.2, 0.25) is 5.02 Å². The molecule has 2 heterocycles. The van der Waals surface area contributed by atoms with E-state index < -0.39 is 0 Å². The normalized spacial score (nSPS) is 16.1. The molecule has 3 nitrogen and oxygen atoms in total. The highest BCUT2D eigenvalue weighted by Crippen LogP contribution is 2.34. The van der Waals surface area contributed by atoms with Gasteiger partial charge in [-0.2, -0.15) is 0 Å². The molecule has 0 fully saturated rings. The third kappa shape index (κ3) is 1.74. The summed E-state index contributed by atoms with van der Waals surface area (Å²) in [7, 11) is 0. The van der Waals surface area contributed by atoms with Crippen molar-refractivity contribution in [3.05, 3.63) is 52.9 Å². The van der Waals surface area contributed by atoms with E-state index in [1.54, 1.807) is 42.7 Å². The minimum absolute atomic E-state index is 0.140. The van der Waals surface area contributed by atoms with Crippen molar-refractivity contribution in [3.63, 3.8) is 0 Å². The van der Waals surface area contributed by atoms with Crippen LogP contribution < -0.4 is 5.32 Å². The van der Waals surface area contributed by atoms with E-state index in [-0.39, 0.29) is 5.91 Å². The highest BCUT2D eigenvalue weighted by Gasteiger charge is 2.24. The van der Waals surface area contributed by atoms with E-state index in [2.05, 4.69) is 5.32 Å². The molecular weight excluding hydrogens is 238 g/mol. The van der Waals surface area contributed by atoms with E-state index in [0.29, 0.717) is 16.4 Å². The third-order valence-electron chi connectivity index (χ3n) is 2.59. The summed E-state index contributed by atoms with van der Waals surface area (Å²) >= 11 is 5.93. The molecule has 0 spiro atoms. The number of carbonyl (C=O) groups excluding carboxylic acids is 1. The zero-order valence-corrected chi connectivity index (χ0v) is 9.49. The molecule has 0 radical (unpaired) electrons. The van der Waals surface area contributed by atoms with E-state index in [9.17, 15) is 4.79 Å². The number of rotatable bonds is 1. The molecule has 1 N–H and O–H groups in total. The maximum absolute atomic E-state index is 11.8. The van der Waals surface area contributed by atoms with Gasteiger partial charge in [-0.05, 0) is 36.4 Å². The number of benzene rings is 1. The van der Waals surface area contributed by atoms with Crippen molar-refractivity contribution in [2.75, 3.05) is 5.32 Å². The molecule has 17 heavy (non-hydrogen) atoms. The predicted molar refractivity (Wildman–Crippen MR) is 66.7 cm³/mol. The van der Waals surface area contributed by atoms with Crippen LogP contribution in [0.3, 0.4) is 0 Å². The maximum Gasteiger partial charge on any atom is 0.256 e. The first kappa shape index (κ1) is 10.2. The van der Waals surface area contributed by atoms with Crippen molar-refractivity contribution in [2.24, 2.45) is 0 Å². The summed E-state index contributed by atoms with van der Waals surface area (Å²) in [5.41, 5.74) is 2.15. The summed E-state index contributed by atoms with van der Waals surface area (Å²) in [5, 5.41) is 3.38. The average molecular weight is 246 g/mol. The molecule has 1 amide bonds. The van der Waals surface area contributed by atoms with Crippen LogP contribution >= 0.6 is 11.6 Å². The quantitative estimate of drug-likeness (QED) is 0.782. The van der Waals surface area contributed by atoms with Crippen LogP contribution in [0.15, 0.2) is 41.0 Å². The number of hydrogen-bond acceptors (Lipinski definition) is 2. The van der Waals surface area contributed by atoms with Crippen molar-refractivity contribution in [1.82, 2.24) is 0 Å². The largest absolute Gasteiger partial charge is 0.465 e. The second-order valence-corrected chi connectivity index (χ2v) is 4.15. The topological polar surface area (TPSA) is 42.2 Å². The Kier molecular flexibility index (Phi) is 2.27. The molecule has 0 saturated carbocycles. The van der Waals surface area contributed by atoms with Crippen LogP contribution in [-0.4, -0.2) is 5.91 Å². The first-order valence-electron chi connectivity index (χ1n) is 5.10. The summed E-state index contributed by atoms with van der Waals surface area (Å²) in [5.74, 6) is 0.502. The van der Waals surface area contributed by atoms with Gasteiger partial charge >= 0.3 is 0 Å². The number of amides is 1. The number of fused-ring (bicyclic) bond motifs is 1. The number of hydrogen-bond donors (Lipinski definition) is 1. The first-order chi connectivity index (χ1) is 8.24. The second-order valence-electron chi connectivity index (χ2n) is 3.72. The van der Waals surface area contributed by atoms with Gasteiger partial charge in [0.25, 0.3) is 5.91 Å². The Morgan fingerprint density at radius 3 is 2.94 bits per heavy atom. The highest BCUT2D eigenvalue weighted by atomic mass is 35.5. The monoisotopic (exact) mass is 245 g/mol. The molecule has 0 bridgehead atoms. The van der Waals surface area contributed by atoms with Crippen molar-refractivity contribution in [2.45, 2.75) is 0 Å². The molecule has 1 aliphatic rings. The SMILES string of the molecule is O=C1Nc2ccc(Cl)cc2/C1=C/c1ccco1. The van der Waals surface area contributed by atoms with Crippen LogP contribution in [0.5, 0.6) is 0 Å². The van der Waals surface area contributed by atoms with Gasteiger partial charge in [0, 0.05) is 16.3 Å². The molecule has 1 aliphatic heterocycles. The smallest absolute Gasteiger partial charge is 0.256 e. The molecule has 4 heteroatoms. The Morgan fingerprint density at radius 1 is 1.29 bits per heavy atom. The van der Waals surface area contributed by atoms with Crippen molar-refractivity contribution in [3.8, 4) is 0 Å². The van der Waals surface area contributed by atoms with Crippen LogP contribution in [0, 0.1) is 0 Å².